The molecule has 174 valence electrons. The zero-order valence-electron chi connectivity index (χ0n) is 19.8. The van der Waals surface area contributed by atoms with Gasteiger partial charge in [0.15, 0.2) is 0 Å². The third kappa shape index (κ3) is 4.78. The van der Waals surface area contributed by atoms with Crippen LogP contribution < -0.4 is 4.90 Å². The van der Waals surface area contributed by atoms with Crippen molar-refractivity contribution in [2.45, 2.75) is 26.7 Å². The summed E-state index contributed by atoms with van der Waals surface area (Å²) in [5, 5.41) is 0. The number of ether oxygens (including phenoxy) is 1. The summed E-state index contributed by atoms with van der Waals surface area (Å²) in [5.41, 5.74) is 3.99. The SMILES string of the molecule is CN1C(=O)C(=C2C=C(/C=C/c3ccc(N4CCOCC4)cc3)CC(C)(C)C2)C(=O)N(C)C1=O. The standard InChI is InChI=1S/C26H31N3O4/c1-26(2)16-19(6-5-18-7-9-21(10-8-18)29-11-13-33-14-12-29)15-20(17-26)22-23(30)27(3)25(32)28(4)24(22)31/h5-10,15H,11-14,16-17H2,1-4H3/b6-5+. The van der Waals surface area contributed by atoms with Gasteiger partial charge in [0.25, 0.3) is 11.8 Å². The molecule has 0 aromatic heterocycles. The molecule has 2 fully saturated rings. The van der Waals surface area contributed by atoms with Crippen molar-refractivity contribution in [1.29, 1.82) is 0 Å². The quantitative estimate of drug-likeness (QED) is 0.521. The van der Waals surface area contributed by atoms with Crippen LogP contribution in [0.15, 0.2) is 53.1 Å². The molecule has 7 nitrogen and oxygen atoms in total. The summed E-state index contributed by atoms with van der Waals surface area (Å²) in [7, 11) is 2.82. The summed E-state index contributed by atoms with van der Waals surface area (Å²) in [6.07, 6.45) is 7.49. The molecule has 0 saturated carbocycles. The Balaban J connectivity index is 1.60. The lowest BCUT2D eigenvalue weighted by molar-refractivity contribution is -0.134. The third-order valence-corrected chi connectivity index (χ3v) is 6.40. The van der Waals surface area contributed by atoms with E-state index in [-0.39, 0.29) is 11.0 Å². The number of hydrogen-bond donors (Lipinski definition) is 0. The maximum Gasteiger partial charge on any atom is 0.333 e. The molecule has 0 spiro atoms. The van der Waals surface area contributed by atoms with Crippen LogP contribution in [0.2, 0.25) is 0 Å². The predicted octanol–water partition coefficient (Wildman–Crippen LogP) is 3.63. The van der Waals surface area contributed by atoms with E-state index in [1.54, 1.807) is 0 Å². The third-order valence-electron chi connectivity index (χ3n) is 6.40. The Morgan fingerprint density at radius 1 is 0.879 bits per heavy atom. The molecule has 1 aliphatic carbocycles. The minimum atomic E-state index is -0.603. The van der Waals surface area contributed by atoms with E-state index in [1.165, 1.54) is 19.8 Å². The molecule has 0 bridgehead atoms. The monoisotopic (exact) mass is 449 g/mol. The zero-order valence-corrected chi connectivity index (χ0v) is 19.8. The van der Waals surface area contributed by atoms with Crippen molar-refractivity contribution in [3.8, 4) is 0 Å². The molecule has 4 rings (SSSR count). The van der Waals surface area contributed by atoms with E-state index in [0.717, 1.165) is 53.7 Å². The van der Waals surface area contributed by atoms with Crippen LogP contribution in [-0.4, -0.2) is 68.0 Å². The van der Waals surface area contributed by atoms with Crippen LogP contribution in [0, 0.1) is 5.41 Å². The lowest BCUT2D eigenvalue weighted by Gasteiger charge is -2.34. The minimum absolute atomic E-state index is 0.0909. The van der Waals surface area contributed by atoms with Crippen LogP contribution in [0.25, 0.3) is 6.08 Å². The van der Waals surface area contributed by atoms with Crippen LogP contribution in [0.5, 0.6) is 0 Å². The van der Waals surface area contributed by atoms with E-state index in [9.17, 15) is 14.4 Å². The van der Waals surface area contributed by atoms with Gasteiger partial charge in [-0.3, -0.25) is 19.4 Å². The lowest BCUT2D eigenvalue weighted by atomic mass is 9.73. The fourth-order valence-corrected chi connectivity index (χ4v) is 4.65. The Morgan fingerprint density at radius 2 is 1.48 bits per heavy atom. The normalized spacial score (nSPS) is 21.9. The number of morpholine rings is 1. The number of rotatable bonds is 3. The van der Waals surface area contributed by atoms with Gasteiger partial charge in [0.05, 0.1) is 13.2 Å². The van der Waals surface area contributed by atoms with Crippen LogP contribution in [0.1, 0.15) is 32.3 Å². The molecule has 2 aliphatic heterocycles. The highest BCUT2D eigenvalue weighted by Gasteiger charge is 2.41. The molecule has 0 unspecified atom stereocenters. The summed E-state index contributed by atoms with van der Waals surface area (Å²) >= 11 is 0. The summed E-state index contributed by atoms with van der Waals surface area (Å²) in [4.78, 5) is 42.0. The van der Waals surface area contributed by atoms with Gasteiger partial charge in [-0.05, 0) is 47.1 Å². The number of allylic oxidation sites excluding steroid dienone is 4. The molecule has 3 aliphatic rings. The number of nitrogens with zero attached hydrogens (tertiary/aromatic N) is 3. The van der Waals surface area contributed by atoms with Gasteiger partial charge >= 0.3 is 6.03 Å². The first kappa shape index (κ1) is 23.0. The molecule has 0 N–H and O–H groups in total. The largest absolute Gasteiger partial charge is 0.378 e. The Kier molecular flexibility index (Phi) is 6.26. The number of urea groups is 1. The fourth-order valence-electron chi connectivity index (χ4n) is 4.65. The summed E-state index contributed by atoms with van der Waals surface area (Å²) in [5.74, 6) is -1.07. The minimum Gasteiger partial charge on any atom is -0.378 e. The summed E-state index contributed by atoms with van der Waals surface area (Å²) < 4.78 is 5.42. The van der Waals surface area contributed by atoms with Crippen molar-refractivity contribution in [3.05, 3.63) is 58.7 Å². The smallest absolute Gasteiger partial charge is 0.333 e. The van der Waals surface area contributed by atoms with Crippen molar-refractivity contribution in [2.75, 3.05) is 45.3 Å². The van der Waals surface area contributed by atoms with Crippen molar-refractivity contribution < 1.29 is 19.1 Å². The van der Waals surface area contributed by atoms with Gasteiger partial charge in [-0.1, -0.05) is 44.2 Å². The van der Waals surface area contributed by atoms with Crippen LogP contribution >= 0.6 is 0 Å². The maximum absolute atomic E-state index is 12.8. The van der Waals surface area contributed by atoms with Crippen LogP contribution in [-0.2, 0) is 14.3 Å². The van der Waals surface area contributed by atoms with Gasteiger partial charge in [-0.15, -0.1) is 0 Å². The Hall–Kier alpha value is -3.19. The zero-order chi connectivity index (χ0) is 23.8. The van der Waals surface area contributed by atoms with E-state index in [4.69, 9.17) is 4.74 Å². The second-order valence-electron chi connectivity index (χ2n) is 9.67. The van der Waals surface area contributed by atoms with Gasteiger partial charge in [0.1, 0.15) is 5.57 Å². The predicted molar refractivity (Wildman–Crippen MR) is 128 cm³/mol. The molecule has 2 heterocycles. The number of hydrogen-bond acceptors (Lipinski definition) is 5. The van der Waals surface area contributed by atoms with Crippen LogP contribution in [0.4, 0.5) is 10.5 Å². The van der Waals surface area contributed by atoms with E-state index >= 15 is 0 Å². The highest BCUT2D eigenvalue weighted by Crippen LogP contribution is 2.40. The molecule has 4 amide bonds. The van der Waals surface area contributed by atoms with Crippen molar-refractivity contribution in [2.24, 2.45) is 5.41 Å². The second kappa shape index (κ2) is 8.98. The molecule has 1 aromatic rings. The molecular formula is C26H31N3O4. The van der Waals surface area contributed by atoms with Crippen molar-refractivity contribution in [1.82, 2.24) is 9.80 Å². The number of benzene rings is 1. The van der Waals surface area contributed by atoms with Gasteiger partial charge in [-0.2, -0.15) is 0 Å². The number of carbonyl (C=O) groups is 3. The summed E-state index contributed by atoms with van der Waals surface area (Å²) in [6.45, 7) is 7.58. The maximum atomic E-state index is 12.8. The number of amides is 4. The second-order valence-corrected chi connectivity index (χ2v) is 9.67. The van der Waals surface area contributed by atoms with E-state index in [1.807, 2.05) is 6.08 Å². The molecular weight excluding hydrogens is 418 g/mol. The number of barbiturate groups is 1. The average molecular weight is 450 g/mol. The Morgan fingerprint density at radius 3 is 2.09 bits per heavy atom. The molecule has 33 heavy (non-hydrogen) atoms. The molecule has 7 heteroatoms. The highest BCUT2D eigenvalue weighted by molar-refractivity contribution is 6.29. The average Bonchev–Trinajstić information content (AvgIpc) is 2.80. The van der Waals surface area contributed by atoms with E-state index in [2.05, 4.69) is 55.2 Å². The topological polar surface area (TPSA) is 70.2 Å². The fraction of sp³-hybridized carbons (Fsp3) is 0.423. The number of likely N-dealkylation sites (N-methyl/N-ethyl adjacent to an activating group) is 2. The number of carbonyl (C=O) groups excluding carboxylic acids is 3. The van der Waals surface area contributed by atoms with E-state index in [0.29, 0.717) is 12.0 Å². The van der Waals surface area contributed by atoms with Gasteiger partial charge < -0.3 is 9.64 Å². The van der Waals surface area contributed by atoms with Gasteiger partial charge in [0, 0.05) is 32.9 Å². The number of anilines is 1. The van der Waals surface area contributed by atoms with Crippen LogP contribution in [0.3, 0.4) is 0 Å². The summed E-state index contributed by atoms with van der Waals surface area (Å²) in [6, 6.07) is 7.84. The highest BCUT2D eigenvalue weighted by atomic mass is 16.5. The first-order valence-corrected chi connectivity index (χ1v) is 11.3. The molecule has 0 atom stereocenters. The van der Waals surface area contributed by atoms with Gasteiger partial charge in [0.2, 0.25) is 0 Å². The van der Waals surface area contributed by atoms with Crippen molar-refractivity contribution in [3.63, 3.8) is 0 Å². The Bertz CT molecular complexity index is 1030. The number of imide groups is 2. The lowest BCUT2D eigenvalue weighted by Crippen LogP contribution is -2.53. The Labute approximate surface area is 195 Å². The first-order chi connectivity index (χ1) is 15.7. The molecule has 1 aromatic carbocycles. The molecule has 0 radical (unpaired) electrons. The molecule has 2 saturated heterocycles. The van der Waals surface area contributed by atoms with Crippen molar-refractivity contribution >= 4 is 29.6 Å². The van der Waals surface area contributed by atoms with Gasteiger partial charge in [-0.25, -0.2) is 4.79 Å². The first-order valence-electron chi connectivity index (χ1n) is 11.3. The van der Waals surface area contributed by atoms with E-state index < -0.39 is 17.8 Å².